The van der Waals surface area contributed by atoms with Crippen molar-refractivity contribution in [2.45, 2.75) is 51.2 Å². The highest BCUT2D eigenvalue weighted by Crippen LogP contribution is 2.37. The Labute approximate surface area is 178 Å². The summed E-state index contributed by atoms with van der Waals surface area (Å²) < 4.78 is 8.11. The minimum Gasteiger partial charge on any atom is -0.463 e. The summed E-state index contributed by atoms with van der Waals surface area (Å²) in [5, 5.41) is 8.66. The zero-order valence-corrected chi connectivity index (χ0v) is 18.8. The number of thioether (sulfide) groups is 1. The van der Waals surface area contributed by atoms with Crippen LogP contribution >= 0.6 is 27.7 Å². The molecule has 28 heavy (non-hydrogen) atoms. The normalized spacial score (nSPS) is 15.9. The summed E-state index contributed by atoms with van der Waals surface area (Å²) in [5.74, 6) is 1.30. The number of ether oxygens (including phenoxy) is 1. The summed E-state index contributed by atoms with van der Waals surface area (Å²) in [6, 6.07) is 7.54. The van der Waals surface area contributed by atoms with Gasteiger partial charge in [-0.2, -0.15) is 4.98 Å². The number of fused-ring (bicyclic) bond motifs is 1. The van der Waals surface area contributed by atoms with Crippen LogP contribution in [0.4, 0.5) is 5.95 Å². The second kappa shape index (κ2) is 9.60. The Balaban J connectivity index is 1.97. The summed E-state index contributed by atoms with van der Waals surface area (Å²) in [4.78, 5) is 17.4. The van der Waals surface area contributed by atoms with E-state index in [0.29, 0.717) is 18.1 Å². The van der Waals surface area contributed by atoms with E-state index in [0.717, 1.165) is 33.1 Å². The van der Waals surface area contributed by atoms with Crippen LogP contribution in [0.1, 0.15) is 51.6 Å². The van der Waals surface area contributed by atoms with Gasteiger partial charge in [0.05, 0.1) is 12.2 Å². The Kier molecular flexibility index (Phi) is 7.18. The molecule has 0 saturated heterocycles. The first-order valence-electron chi connectivity index (χ1n) is 9.54. The number of anilines is 1. The molecule has 1 unspecified atom stereocenters. The van der Waals surface area contributed by atoms with Gasteiger partial charge < -0.3 is 10.1 Å². The third kappa shape index (κ3) is 4.60. The van der Waals surface area contributed by atoms with Gasteiger partial charge in [0.2, 0.25) is 11.1 Å². The van der Waals surface area contributed by atoms with Crippen LogP contribution in [0.25, 0.3) is 0 Å². The van der Waals surface area contributed by atoms with Crippen molar-refractivity contribution in [2.75, 3.05) is 17.7 Å². The first-order valence-corrected chi connectivity index (χ1v) is 11.3. The molecule has 1 atom stereocenters. The number of esters is 1. The molecule has 0 amide bonds. The van der Waals surface area contributed by atoms with Crippen LogP contribution in [0.5, 0.6) is 0 Å². The fourth-order valence-corrected chi connectivity index (χ4v) is 4.23. The van der Waals surface area contributed by atoms with Gasteiger partial charge in [0.25, 0.3) is 0 Å². The molecule has 150 valence electrons. The Morgan fingerprint density at radius 3 is 2.71 bits per heavy atom. The molecular weight excluding hydrogens is 440 g/mol. The molecule has 0 spiro atoms. The number of allylic oxidation sites excluding steroid dienone is 1. The third-order valence-corrected chi connectivity index (χ3v) is 5.95. The Morgan fingerprint density at radius 2 is 2.04 bits per heavy atom. The van der Waals surface area contributed by atoms with Crippen molar-refractivity contribution in [1.29, 1.82) is 0 Å². The van der Waals surface area contributed by atoms with E-state index in [1.165, 1.54) is 12.8 Å². The van der Waals surface area contributed by atoms with E-state index < -0.39 is 0 Å². The summed E-state index contributed by atoms with van der Waals surface area (Å²) in [7, 11) is 0. The van der Waals surface area contributed by atoms with Gasteiger partial charge in [-0.05, 0) is 38.0 Å². The fourth-order valence-electron chi connectivity index (χ4n) is 3.13. The maximum atomic E-state index is 12.7. The number of halogens is 1. The van der Waals surface area contributed by atoms with Crippen molar-refractivity contribution in [3.8, 4) is 0 Å². The molecule has 6 nitrogen and oxygen atoms in total. The van der Waals surface area contributed by atoms with Crippen molar-refractivity contribution >= 4 is 39.6 Å². The molecule has 1 aromatic heterocycles. The predicted octanol–water partition coefficient (Wildman–Crippen LogP) is 5.17. The van der Waals surface area contributed by atoms with E-state index >= 15 is 0 Å². The second-order valence-electron chi connectivity index (χ2n) is 6.56. The van der Waals surface area contributed by atoms with E-state index in [4.69, 9.17) is 9.84 Å². The summed E-state index contributed by atoms with van der Waals surface area (Å²) in [5.41, 5.74) is 2.26. The average Bonchev–Trinajstić information content (AvgIpc) is 3.07. The quantitative estimate of drug-likeness (QED) is 0.329. The van der Waals surface area contributed by atoms with Gasteiger partial charge in [0.15, 0.2) is 0 Å². The van der Waals surface area contributed by atoms with Crippen LogP contribution in [-0.2, 0) is 9.53 Å². The molecule has 1 N–H and O–H groups in total. The Bertz CT molecular complexity index is 864. The number of carbonyl (C=O) groups is 1. The lowest BCUT2D eigenvalue weighted by molar-refractivity contribution is -0.139. The topological polar surface area (TPSA) is 69.0 Å². The van der Waals surface area contributed by atoms with Crippen molar-refractivity contribution in [2.24, 2.45) is 0 Å². The van der Waals surface area contributed by atoms with Gasteiger partial charge in [-0.3, -0.25) is 0 Å². The molecule has 0 bridgehead atoms. The molecule has 0 fully saturated rings. The van der Waals surface area contributed by atoms with Crippen LogP contribution in [0.2, 0.25) is 0 Å². The van der Waals surface area contributed by atoms with E-state index in [2.05, 4.69) is 33.2 Å². The fraction of sp³-hybridized carbons (Fsp3) is 0.450. The Morgan fingerprint density at radius 1 is 1.29 bits per heavy atom. The van der Waals surface area contributed by atoms with Gasteiger partial charge >= 0.3 is 5.97 Å². The van der Waals surface area contributed by atoms with Crippen LogP contribution in [0, 0.1) is 0 Å². The highest BCUT2D eigenvalue weighted by molar-refractivity contribution is 9.10. The minimum atomic E-state index is -0.374. The van der Waals surface area contributed by atoms with Gasteiger partial charge in [-0.25, -0.2) is 9.48 Å². The average molecular weight is 465 g/mol. The number of nitrogens with one attached hydrogen (secondary N) is 1. The van der Waals surface area contributed by atoms with Gasteiger partial charge in [0, 0.05) is 15.9 Å². The lowest BCUT2D eigenvalue weighted by Gasteiger charge is -2.28. The summed E-state index contributed by atoms with van der Waals surface area (Å²) in [6.45, 7) is 6.21. The molecule has 2 heterocycles. The number of aromatic nitrogens is 3. The monoisotopic (exact) mass is 464 g/mol. The van der Waals surface area contributed by atoms with Crippen LogP contribution < -0.4 is 5.32 Å². The lowest BCUT2D eigenvalue weighted by Crippen LogP contribution is -2.29. The van der Waals surface area contributed by atoms with Crippen molar-refractivity contribution in [3.05, 3.63) is 45.6 Å². The number of hydrogen-bond acceptors (Lipinski definition) is 6. The van der Waals surface area contributed by atoms with Crippen molar-refractivity contribution < 1.29 is 9.53 Å². The highest BCUT2D eigenvalue weighted by atomic mass is 79.9. The van der Waals surface area contributed by atoms with Gasteiger partial charge in [-0.15, -0.1) is 5.10 Å². The van der Waals surface area contributed by atoms with E-state index in [1.807, 2.05) is 38.1 Å². The van der Waals surface area contributed by atoms with Crippen molar-refractivity contribution in [1.82, 2.24) is 14.8 Å². The maximum Gasteiger partial charge on any atom is 0.338 e. The molecule has 8 heteroatoms. The maximum absolute atomic E-state index is 12.7. The molecule has 2 aromatic rings. The molecule has 3 rings (SSSR count). The zero-order valence-electron chi connectivity index (χ0n) is 16.4. The summed E-state index contributed by atoms with van der Waals surface area (Å²) in [6.07, 6.45) is 3.53. The largest absolute Gasteiger partial charge is 0.463 e. The molecule has 0 radical (unpaired) electrons. The van der Waals surface area contributed by atoms with Crippen molar-refractivity contribution in [3.63, 3.8) is 0 Å². The van der Waals surface area contributed by atoms with Crippen LogP contribution in [0.15, 0.2) is 45.2 Å². The second-order valence-corrected chi connectivity index (χ2v) is 8.53. The standard InChI is InChI=1S/C20H25BrN4O2S/c1-4-6-7-12-28-20-23-19-22-13(3)16(18(26)27-5-2)17(25(19)24-20)14-8-10-15(21)11-9-14/h8-11,17H,4-7,12H2,1-3H3,(H,22,23,24). The zero-order chi connectivity index (χ0) is 20.1. The Hall–Kier alpha value is -1.80. The first kappa shape index (κ1) is 20.9. The molecule has 0 aliphatic carbocycles. The number of nitrogens with zero attached hydrogens (tertiary/aromatic N) is 3. The first-order chi connectivity index (χ1) is 13.5. The number of unbranched alkanes of at least 4 members (excludes halogenated alkanes) is 2. The molecule has 1 aliphatic heterocycles. The number of hydrogen-bond donors (Lipinski definition) is 1. The number of benzene rings is 1. The van der Waals surface area contributed by atoms with Gasteiger partial charge in [0.1, 0.15) is 6.04 Å². The summed E-state index contributed by atoms with van der Waals surface area (Å²) >= 11 is 5.12. The molecular formula is C20H25BrN4O2S. The molecule has 0 saturated carbocycles. The molecule has 1 aromatic carbocycles. The lowest BCUT2D eigenvalue weighted by atomic mass is 9.96. The van der Waals surface area contributed by atoms with E-state index in [1.54, 1.807) is 16.4 Å². The van der Waals surface area contributed by atoms with Crippen LogP contribution in [0.3, 0.4) is 0 Å². The van der Waals surface area contributed by atoms with Crippen LogP contribution in [-0.4, -0.2) is 33.1 Å². The smallest absolute Gasteiger partial charge is 0.338 e. The number of rotatable bonds is 8. The highest BCUT2D eigenvalue weighted by Gasteiger charge is 2.35. The number of carbonyl (C=O) groups excluding carboxylic acids is 1. The predicted molar refractivity (Wildman–Crippen MR) is 116 cm³/mol. The minimum absolute atomic E-state index is 0.325. The van der Waals surface area contributed by atoms with Gasteiger partial charge in [-0.1, -0.05) is 59.6 Å². The molecule has 1 aliphatic rings. The van der Waals surface area contributed by atoms with E-state index in [9.17, 15) is 4.79 Å². The SMILES string of the molecule is CCCCCSc1nc2n(n1)C(c1ccc(Br)cc1)C(C(=O)OCC)=C(C)N2. The van der Waals surface area contributed by atoms with E-state index in [-0.39, 0.29) is 12.0 Å². The third-order valence-electron chi connectivity index (χ3n) is 4.49.